The van der Waals surface area contributed by atoms with Gasteiger partial charge >= 0.3 is 6.03 Å². The third-order valence-corrected chi connectivity index (χ3v) is 8.97. The van der Waals surface area contributed by atoms with E-state index >= 15 is 0 Å². The number of rotatable bonds is 5. The first-order valence-electron chi connectivity index (χ1n) is 13.6. The molecule has 1 aromatic carbocycles. The molecule has 0 radical (unpaired) electrons. The van der Waals surface area contributed by atoms with Crippen LogP contribution in [0.3, 0.4) is 0 Å². The molecule has 1 N–H and O–H groups in total. The Balaban J connectivity index is 1.12. The zero-order valence-electron chi connectivity index (χ0n) is 21.0. The van der Waals surface area contributed by atoms with E-state index in [0.29, 0.717) is 35.7 Å². The summed E-state index contributed by atoms with van der Waals surface area (Å²) in [5.41, 5.74) is 1.97. The van der Waals surface area contributed by atoms with Crippen LogP contribution < -0.4 is 15.0 Å². The first-order chi connectivity index (χ1) is 17.5. The number of methoxy groups -OCH3 is 1. The number of amides is 4. The summed E-state index contributed by atoms with van der Waals surface area (Å²) in [6.07, 6.45) is 10.3. The van der Waals surface area contributed by atoms with Crippen molar-refractivity contribution in [3.05, 3.63) is 35.9 Å². The molecule has 1 aliphatic carbocycles. The van der Waals surface area contributed by atoms with E-state index in [-0.39, 0.29) is 24.3 Å². The van der Waals surface area contributed by atoms with E-state index in [1.807, 2.05) is 0 Å². The Morgan fingerprint density at radius 1 is 1.11 bits per heavy atom. The molecule has 0 spiro atoms. The van der Waals surface area contributed by atoms with Crippen molar-refractivity contribution in [1.29, 1.82) is 0 Å². The molecule has 5 aliphatic rings. The molecule has 5 atom stereocenters. The van der Waals surface area contributed by atoms with Gasteiger partial charge in [-0.3, -0.25) is 14.5 Å². The van der Waals surface area contributed by atoms with E-state index < -0.39 is 12.1 Å². The second-order valence-corrected chi connectivity index (χ2v) is 11.0. The summed E-state index contributed by atoms with van der Waals surface area (Å²) in [7, 11) is 1.57. The third kappa shape index (κ3) is 4.09. The van der Waals surface area contributed by atoms with Gasteiger partial charge in [0.15, 0.2) is 0 Å². The molecule has 2 unspecified atom stereocenters. The number of nitrogens with one attached hydrogen (secondary N) is 1. The van der Waals surface area contributed by atoms with Crippen molar-refractivity contribution in [2.24, 2.45) is 11.8 Å². The quantitative estimate of drug-likeness (QED) is 0.504. The Kier molecular flexibility index (Phi) is 6.23. The minimum absolute atomic E-state index is 0.106. The molecule has 8 heteroatoms. The molecule has 36 heavy (non-hydrogen) atoms. The molecular formula is C28H36N4O4. The van der Waals surface area contributed by atoms with Gasteiger partial charge in [0.25, 0.3) is 5.91 Å². The van der Waals surface area contributed by atoms with Crippen LogP contribution in [0.5, 0.6) is 5.75 Å². The van der Waals surface area contributed by atoms with E-state index in [9.17, 15) is 14.4 Å². The van der Waals surface area contributed by atoms with Crippen LogP contribution in [0.15, 0.2) is 35.9 Å². The molecule has 6 rings (SSSR count). The lowest BCUT2D eigenvalue weighted by molar-refractivity contribution is -0.136. The monoisotopic (exact) mass is 492 g/mol. The lowest BCUT2D eigenvalue weighted by atomic mass is 9.68. The highest BCUT2D eigenvalue weighted by molar-refractivity contribution is 6.21. The Labute approximate surface area is 212 Å². The van der Waals surface area contributed by atoms with Crippen molar-refractivity contribution in [2.75, 3.05) is 31.6 Å². The van der Waals surface area contributed by atoms with Gasteiger partial charge in [-0.05, 0) is 81.2 Å². The van der Waals surface area contributed by atoms with Gasteiger partial charge in [0.05, 0.1) is 18.8 Å². The molecule has 4 amide bonds. The third-order valence-electron chi connectivity index (χ3n) is 8.97. The highest BCUT2D eigenvalue weighted by atomic mass is 16.5. The predicted octanol–water partition coefficient (Wildman–Crippen LogP) is 3.32. The van der Waals surface area contributed by atoms with E-state index in [4.69, 9.17) is 4.74 Å². The van der Waals surface area contributed by atoms with Gasteiger partial charge in [-0.2, -0.15) is 0 Å². The number of likely N-dealkylation sites (tertiary alicyclic amines) is 1. The number of imide groups is 1. The first kappa shape index (κ1) is 23.5. The van der Waals surface area contributed by atoms with Crippen LogP contribution in [0.4, 0.5) is 10.5 Å². The number of urea groups is 1. The summed E-state index contributed by atoms with van der Waals surface area (Å²) in [5, 5.41) is 2.78. The van der Waals surface area contributed by atoms with Gasteiger partial charge < -0.3 is 15.0 Å². The van der Waals surface area contributed by atoms with Gasteiger partial charge in [0, 0.05) is 25.6 Å². The molecule has 4 aliphatic heterocycles. The summed E-state index contributed by atoms with van der Waals surface area (Å²) in [6, 6.07) is 6.61. The van der Waals surface area contributed by atoms with Crippen molar-refractivity contribution >= 4 is 23.5 Å². The summed E-state index contributed by atoms with van der Waals surface area (Å²) in [6.45, 7) is 3.07. The van der Waals surface area contributed by atoms with Gasteiger partial charge in [-0.1, -0.05) is 18.1 Å². The minimum atomic E-state index is -0.678. The fourth-order valence-electron chi connectivity index (χ4n) is 7.37. The number of fused-ring (bicyclic) bond motifs is 6. The van der Waals surface area contributed by atoms with E-state index in [2.05, 4.69) is 21.2 Å². The van der Waals surface area contributed by atoms with Crippen LogP contribution in [0, 0.1) is 11.8 Å². The lowest BCUT2D eigenvalue weighted by Gasteiger charge is -2.54. The van der Waals surface area contributed by atoms with Crippen LogP contribution in [-0.4, -0.2) is 72.5 Å². The number of carbonyl (C=O) groups is 3. The Bertz CT molecular complexity index is 1070. The SMILES string of the molecule is COc1ccc(N2C(=O)N[C@@H](CCC(=O)N3CCCC4=C[C@H]5C[C@@H](CN6CCCCC56)C43)C2=O)cc1. The van der Waals surface area contributed by atoms with Gasteiger partial charge in [0.1, 0.15) is 11.8 Å². The number of nitrogens with zero attached hydrogens (tertiary/aromatic N) is 3. The molecule has 1 aromatic rings. The molecule has 0 saturated carbocycles. The Hall–Kier alpha value is -2.87. The minimum Gasteiger partial charge on any atom is -0.497 e. The van der Waals surface area contributed by atoms with Crippen LogP contribution in [-0.2, 0) is 9.59 Å². The maximum absolute atomic E-state index is 13.5. The second kappa shape index (κ2) is 9.54. The van der Waals surface area contributed by atoms with Crippen LogP contribution in [0.2, 0.25) is 0 Å². The molecule has 8 nitrogen and oxygen atoms in total. The highest BCUT2D eigenvalue weighted by Gasteiger charge is 2.47. The molecule has 4 saturated heterocycles. The summed E-state index contributed by atoms with van der Waals surface area (Å²) in [4.78, 5) is 45.1. The lowest BCUT2D eigenvalue weighted by Crippen LogP contribution is -2.60. The number of anilines is 1. The van der Waals surface area contributed by atoms with Crippen molar-refractivity contribution in [2.45, 2.75) is 69.5 Å². The molecule has 4 fully saturated rings. The molecule has 2 bridgehead atoms. The topological polar surface area (TPSA) is 82.2 Å². The van der Waals surface area contributed by atoms with Crippen LogP contribution in [0.25, 0.3) is 0 Å². The normalized spacial score (nSPS) is 31.9. The fraction of sp³-hybridized carbons (Fsp3) is 0.607. The number of benzene rings is 1. The standard InChI is InChI=1S/C28H36N4O4/c1-36-22-9-7-21(8-10-22)32-27(34)23(29-28(32)35)11-12-25(33)31-14-4-5-18-15-19-16-20(26(18)31)17-30-13-3-2-6-24(19)30/h7-10,15,19-20,23-24,26H,2-6,11-14,16-17H2,1H3,(H,29,35)/t19-,20-,23-,24?,26?/m0/s1. The molecule has 4 heterocycles. The van der Waals surface area contributed by atoms with Crippen molar-refractivity contribution < 1.29 is 19.1 Å². The van der Waals surface area contributed by atoms with Gasteiger partial charge in [-0.15, -0.1) is 0 Å². The zero-order valence-corrected chi connectivity index (χ0v) is 21.0. The Morgan fingerprint density at radius 3 is 2.75 bits per heavy atom. The van der Waals surface area contributed by atoms with Crippen molar-refractivity contribution in [1.82, 2.24) is 15.1 Å². The highest BCUT2D eigenvalue weighted by Crippen LogP contribution is 2.45. The smallest absolute Gasteiger partial charge is 0.329 e. The van der Waals surface area contributed by atoms with Crippen molar-refractivity contribution in [3.8, 4) is 5.75 Å². The average molecular weight is 493 g/mol. The average Bonchev–Trinajstić information content (AvgIpc) is 3.19. The van der Waals surface area contributed by atoms with Crippen molar-refractivity contribution in [3.63, 3.8) is 0 Å². The summed E-state index contributed by atoms with van der Waals surface area (Å²) in [5.74, 6) is 1.61. The second-order valence-electron chi connectivity index (χ2n) is 11.0. The number of hydrogen-bond donors (Lipinski definition) is 1. The molecular weight excluding hydrogens is 456 g/mol. The van der Waals surface area contributed by atoms with Crippen LogP contribution >= 0.6 is 0 Å². The number of hydrogen-bond acceptors (Lipinski definition) is 5. The number of piperidine rings is 3. The first-order valence-corrected chi connectivity index (χ1v) is 13.6. The van der Waals surface area contributed by atoms with E-state index in [1.165, 1.54) is 37.8 Å². The van der Waals surface area contributed by atoms with E-state index in [1.54, 1.807) is 31.4 Å². The summed E-state index contributed by atoms with van der Waals surface area (Å²) < 4.78 is 5.17. The van der Waals surface area contributed by atoms with Gasteiger partial charge in [-0.25, -0.2) is 9.69 Å². The van der Waals surface area contributed by atoms with E-state index in [0.717, 1.165) is 30.8 Å². The number of carbonyl (C=O) groups excluding carboxylic acids is 3. The zero-order chi connectivity index (χ0) is 24.8. The van der Waals surface area contributed by atoms with Crippen LogP contribution in [0.1, 0.15) is 51.4 Å². The fourth-order valence-corrected chi connectivity index (χ4v) is 7.37. The molecule has 0 aromatic heterocycles. The van der Waals surface area contributed by atoms with Gasteiger partial charge in [0.2, 0.25) is 5.91 Å². The maximum atomic E-state index is 13.5. The largest absolute Gasteiger partial charge is 0.497 e. The number of ether oxygens (including phenoxy) is 1. The predicted molar refractivity (Wildman–Crippen MR) is 136 cm³/mol. The maximum Gasteiger partial charge on any atom is 0.329 e. The Morgan fingerprint density at radius 2 is 1.94 bits per heavy atom. The molecule has 192 valence electrons. The summed E-state index contributed by atoms with van der Waals surface area (Å²) >= 11 is 0.